The molecule has 0 aromatic heterocycles. The van der Waals surface area contributed by atoms with E-state index >= 15 is 0 Å². The van der Waals surface area contributed by atoms with Crippen molar-refractivity contribution in [2.75, 3.05) is 0 Å². The van der Waals surface area contributed by atoms with E-state index in [0.717, 1.165) is 6.42 Å². The fourth-order valence-corrected chi connectivity index (χ4v) is 7.13. The zero-order valence-electron chi connectivity index (χ0n) is 11.6. The SMILES string of the molecule is C=CCC=C(C(C)(C)O)[Si](CC)(CC)CC. The maximum atomic E-state index is 10.4. The van der Waals surface area contributed by atoms with Crippen LogP contribution in [0.4, 0.5) is 0 Å². The van der Waals surface area contributed by atoms with Crippen molar-refractivity contribution in [2.45, 2.75) is 64.8 Å². The van der Waals surface area contributed by atoms with Crippen molar-refractivity contribution in [1.29, 1.82) is 0 Å². The summed E-state index contributed by atoms with van der Waals surface area (Å²) in [5.41, 5.74) is -0.669. The molecule has 0 amide bonds. The smallest absolute Gasteiger partial charge is 0.0840 e. The van der Waals surface area contributed by atoms with Crippen molar-refractivity contribution >= 4 is 8.07 Å². The number of allylic oxidation sites excluding steroid dienone is 2. The van der Waals surface area contributed by atoms with Crippen molar-refractivity contribution in [2.24, 2.45) is 0 Å². The molecule has 0 aliphatic rings. The second-order valence-corrected chi connectivity index (χ2v) is 10.3. The topological polar surface area (TPSA) is 20.2 Å². The highest BCUT2D eigenvalue weighted by Gasteiger charge is 2.38. The third kappa shape index (κ3) is 3.60. The first-order chi connectivity index (χ1) is 7.37. The van der Waals surface area contributed by atoms with Crippen LogP contribution in [0.1, 0.15) is 41.0 Å². The number of aliphatic hydroxyl groups is 1. The summed E-state index contributed by atoms with van der Waals surface area (Å²) in [5.74, 6) is 0. The van der Waals surface area contributed by atoms with Gasteiger partial charge in [0, 0.05) is 0 Å². The monoisotopic (exact) mass is 240 g/mol. The van der Waals surface area contributed by atoms with E-state index in [1.807, 2.05) is 19.9 Å². The minimum atomic E-state index is -1.46. The lowest BCUT2D eigenvalue weighted by Gasteiger charge is -2.38. The molecule has 0 radical (unpaired) electrons. The number of hydrogen-bond donors (Lipinski definition) is 1. The van der Waals surface area contributed by atoms with Gasteiger partial charge in [0.2, 0.25) is 0 Å². The molecule has 0 saturated heterocycles. The summed E-state index contributed by atoms with van der Waals surface area (Å²) in [5, 5.41) is 11.7. The Morgan fingerprint density at radius 2 is 1.62 bits per heavy atom. The molecular formula is C14H28OSi. The fourth-order valence-electron chi connectivity index (χ4n) is 2.64. The minimum absolute atomic E-state index is 0.669. The Bertz CT molecular complexity index is 236. The molecule has 1 nitrogen and oxygen atoms in total. The molecule has 0 bridgehead atoms. The molecule has 0 unspecified atom stereocenters. The van der Waals surface area contributed by atoms with Crippen LogP contribution in [0.25, 0.3) is 0 Å². The molecule has 94 valence electrons. The Hall–Kier alpha value is -0.343. The highest BCUT2D eigenvalue weighted by atomic mass is 28.3. The van der Waals surface area contributed by atoms with Gasteiger partial charge in [0.15, 0.2) is 0 Å². The molecule has 16 heavy (non-hydrogen) atoms. The van der Waals surface area contributed by atoms with Gasteiger partial charge in [-0.3, -0.25) is 0 Å². The first-order valence-electron chi connectivity index (χ1n) is 6.42. The lowest BCUT2D eigenvalue weighted by molar-refractivity contribution is 0.126. The third-order valence-electron chi connectivity index (χ3n) is 3.75. The summed E-state index contributed by atoms with van der Waals surface area (Å²) in [6, 6.07) is 3.65. The van der Waals surface area contributed by atoms with Gasteiger partial charge < -0.3 is 5.11 Å². The van der Waals surface area contributed by atoms with Crippen LogP contribution in [-0.2, 0) is 0 Å². The van der Waals surface area contributed by atoms with Crippen LogP contribution in [0.5, 0.6) is 0 Å². The maximum absolute atomic E-state index is 10.4. The van der Waals surface area contributed by atoms with Gasteiger partial charge in [-0.2, -0.15) is 0 Å². The summed E-state index contributed by atoms with van der Waals surface area (Å²) >= 11 is 0. The molecule has 0 aliphatic carbocycles. The summed E-state index contributed by atoms with van der Waals surface area (Å²) in [6.45, 7) is 14.4. The van der Waals surface area contributed by atoms with Gasteiger partial charge in [0.05, 0.1) is 13.7 Å². The van der Waals surface area contributed by atoms with Gasteiger partial charge in [-0.25, -0.2) is 0 Å². The largest absolute Gasteiger partial charge is 0.386 e. The molecule has 0 spiro atoms. The number of rotatable bonds is 7. The Labute approximate surface area is 102 Å². The molecule has 0 saturated carbocycles. The second-order valence-electron chi connectivity index (χ2n) is 5.04. The van der Waals surface area contributed by atoms with E-state index < -0.39 is 13.7 Å². The molecule has 0 fully saturated rings. The van der Waals surface area contributed by atoms with Crippen molar-refractivity contribution in [1.82, 2.24) is 0 Å². The highest BCUT2D eigenvalue weighted by Crippen LogP contribution is 2.35. The van der Waals surface area contributed by atoms with E-state index in [1.54, 1.807) is 0 Å². The zero-order valence-corrected chi connectivity index (χ0v) is 12.6. The van der Waals surface area contributed by atoms with Crippen LogP contribution in [0, 0.1) is 0 Å². The Balaban J connectivity index is 5.38. The highest BCUT2D eigenvalue weighted by molar-refractivity contribution is 6.86. The standard InChI is InChI=1S/C14H28OSi/c1-7-11-12-13(14(5,6)15)16(8-2,9-3)10-4/h7,12,15H,1,8-11H2,2-6H3. The fraction of sp³-hybridized carbons (Fsp3) is 0.714. The third-order valence-corrected chi connectivity index (χ3v) is 9.77. The van der Waals surface area contributed by atoms with Crippen LogP contribution in [0.2, 0.25) is 18.1 Å². The molecule has 0 heterocycles. The van der Waals surface area contributed by atoms with Crippen molar-refractivity contribution < 1.29 is 5.11 Å². The molecule has 0 aromatic carbocycles. The first kappa shape index (κ1) is 15.7. The van der Waals surface area contributed by atoms with E-state index in [-0.39, 0.29) is 0 Å². The average molecular weight is 240 g/mol. The van der Waals surface area contributed by atoms with Gasteiger partial charge in [-0.05, 0) is 20.3 Å². The first-order valence-corrected chi connectivity index (χ1v) is 9.04. The molecule has 0 atom stereocenters. The molecule has 0 rings (SSSR count). The number of hydrogen-bond acceptors (Lipinski definition) is 1. The zero-order chi connectivity index (χ0) is 12.8. The van der Waals surface area contributed by atoms with Gasteiger partial charge in [-0.15, -0.1) is 6.58 Å². The van der Waals surface area contributed by atoms with Crippen LogP contribution < -0.4 is 0 Å². The quantitative estimate of drug-likeness (QED) is 0.519. The molecule has 2 heteroatoms. The Morgan fingerprint density at radius 1 is 1.19 bits per heavy atom. The van der Waals surface area contributed by atoms with Gasteiger partial charge in [0.25, 0.3) is 0 Å². The van der Waals surface area contributed by atoms with E-state index in [4.69, 9.17) is 0 Å². The van der Waals surface area contributed by atoms with E-state index in [9.17, 15) is 5.11 Å². The molecule has 0 aliphatic heterocycles. The normalized spacial score (nSPS) is 14.0. The second kappa shape index (κ2) is 6.41. The lowest BCUT2D eigenvalue weighted by atomic mass is 10.1. The van der Waals surface area contributed by atoms with Crippen molar-refractivity contribution in [3.05, 3.63) is 23.9 Å². The van der Waals surface area contributed by atoms with Crippen LogP contribution in [0.3, 0.4) is 0 Å². The van der Waals surface area contributed by atoms with E-state index in [2.05, 4.69) is 33.4 Å². The lowest BCUT2D eigenvalue weighted by Crippen LogP contribution is -2.44. The van der Waals surface area contributed by atoms with Crippen LogP contribution >= 0.6 is 0 Å². The maximum Gasteiger partial charge on any atom is 0.0840 e. The van der Waals surface area contributed by atoms with E-state index in [0.29, 0.717) is 0 Å². The summed E-state index contributed by atoms with van der Waals surface area (Å²) in [6.07, 6.45) is 5.00. The Morgan fingerprint density at radius 3 is 1.88 bits per heavy atom. The summed E-state index contributed by atoms with van der Waals surface area (Å²) in [7, 11) is -1.46. The van der Waals surface area contributed by atoms with Crippen molar-refractivity contribution in [3.8, 4) is 0 Å². The molecule has 0 aromatic rings. The van der Waals surface area contributed by atoms with Gasteiger partial charge in [0.1, 0.15) is 0 Å². The molecule has 1 N–H and O–H groups in total. The summed E-state index contributed by atoms with van der Waals surface area (Å²) in [4.78, 5) is 0. The minimum Gasteiger partial charge on any atom is -0.386 e. The predicted molar refractivity (Wildman–Crippen MR) is 76.4 cm³/mol. The summed E-state index contributed by atoms with van der Waals surface area (Å²) < 4.78 is 0. The van der Waals surface area contributed by atoms with Gasteiger partial charge in [-0.1, -0.05) is 56.3 Å². The average Bonchev–Trinajstić information content (AvgIpc) is 2.23. The van der Waals surface area contributed by atoms with Crippen LogP contribution in [0.15, 0.2) is 23.9 Å². The van der Waals surface area contributed by atoms with Gasteiger partial charge >= 0.3 is 0 Å². The Kier molecular flexibility index (Phi) is 6.27. The molecular weight excluding hydrogens is 212 g/mol. The predicted octanol–water partition coefficient (Wildman–Crippen LogP) is 4.31. The van der Waals surface area contributed by atoms with E-state index in [1.165, 1.54) is 23.3 Å². The van der Waals surface area contributed by atoms with Crippen molar-refractivity contribution in [3.63, 3.8) is 0 Å². The van der Waals surface area contributed by atoms with Crippen LogP contribution in [-0.4, -0.2) is 18.8 Å².